The van der Waals surface area contributed by atoms with E-state index < -0.39 is 21.1 Å². The van der Waals surface area contributed by atoms with Crippen molar-refractivity contribution < 1.29 is 27.5 Å². The number of carbonyl (C=O) groups excluding carboxylic acids is 2. The molecule has 1 aliphatic carbocycles. The van der Waals surface area contributed by atoms with E-state index in [1.54, 1.807) is 31.2 Å². The molecule has 1 aliphatic rings. The summed E-state index contributed by atoms with van der Waals surface area (Å²) in [6.45, 7) is 2.59. The number of carbonyl (C=O) groups is 2. The number of hydrogen-bond donors (Lipinski definition) is 1. The lowest BCUT2D eigenvalue weighted by Gasteiger charge is -2.24. The molecule has 1 fully saturated rings. The van der Waals surface area contributed by atoms with Crippen molar-refractivity contribution in [3.05, 3.63) is 87.9 Å². The minimum Gasteiger partial charge on any atom is -0.496 e. The zero-order valence-electron chi connectivity index (χ0n) is 23.4. The molecule has 2 amide bonds. The molecule has 0 unspecified atom stereocenters. The number of amides is 2. The zero-order chi connectivity index (χ0) is 29.6. The third-order valence-corrected chi connectivity index (χ3v) is 9.89. The number of hydrogen-bond acceptors (Lipinski definition) is 6. The maximum absolute atomic E-state index is 13.1. The van der Waals surface area contributed by atoms with Gasteiger partial charge in [-0.25, -0.2) is 13.2 Å². The third kappa shape index (κ3) is 8.10. The van der Waals surface area contributed by atoms with Crippen LogP contribution in [0.25, 0.3) is 0 Å². The first kappa shape index (κ1) is 30.6. The number of esters is 1. The van der Waals surface area contributed by atoms with Crippen LogP contribution in [0.4, 0.5) is 10.5 Å². The van der Waals surface area contributed by atoms with Gasteiger partial charge in [-0.3, -0.25) is 4.79 Å². The number of benzene rings is 3. The smallest absolute Gasteiger partial charge is 0.321 e. The summed E-state index contributed by atoms with van der Waals surface area (Å²) < 4.78 is 38.0. The molecule has 1 saturated carbocycles. The van der Waals surface area contributed by atoms with E-state index in [4.69, 9.17) is 9.47 Å². The fourth-order valence-electron chi connectivity index (χ4n) is 4.64. The SMILES string of the molecule is COc1ccc(Br)cc1[C@H](C)CN(C)C(=O)Nc1ccc(S(=O)(=O)C2CC2)c(CCC(=O)OCc2ccccc2)c1. The van der Waals surface area contributed by atoms with Crippen molar-refractivity contribution in [2.24, 2.45) is 0 Å². The van der Waals surface area contributed by atoms with Gasteiger partial charge in [-0.15, -0.1) is 0 Å². The second-order valence-electron chi connectivity index (χ2n) is 10.3. The normalized spacial score (nSPS) is 13.8. The Morgan fingerprint density at radius 3 is 2.49 bits per heavy atom. The Morgan fingerprint density at radius 2 is 1.80 bits per heavy atom. The number of rotatable bonds is 12. The largest absolute Gasteiger partial charge is 0.496 e. The highest BCUT2D eigenvalue weighted by molar-refractivity contribution is 9.10. The fourth-order valence-corrected chi connectivity index (χ4v) is 6.92. The molecule has 1 atom stereocenters. The van der Waals surface area contributed by atoms with Crippen LogP contribution < -0.4 is 10.1 Å². The molecule has 4 rings (SSSR count). The predicted octanol–water partition coefficient (Wildman–Crippen LogP) is 6.34. The first-order valence-electron chi connectivity index (χ1n) is 13.5. The van der Waals surface area contributed by atoms with Gasteiger partial charge in [0, 0.05) is 36.1 Å². The first-order valence-corrected chi connectivity index (χ1v) is 15.8. The van der Waals surface area contributed by atoms with Gasteiger partial charge in [-0.1, -0.05) is 53.2 Å². The van der Waals surface area contributed by atoms with Crippen LogP contribution in [0.15, 0.2) is 76.1 Å². The topological polar surface area (TPSA) is 102 Å². The molecule has 218 valence electrons. The standard InChI is InChI=1S/C31H35BrN2O6S/c1-21(27-18-24(32)10-14-28(27)39-3)19-34(2)31(36)33-25-11-15-29(41(37,38)26-12-13-26)23(17-25)9-16-30(35)40-20-22-7-5-4-6-8-22/h4-8,10-11,14-15,17-18,21,26H,9,12-13,16,19-20H2,1-3H3,(H,33,36)/t21-/m1/s1. The number of nitrogens with zero attached hydrogens (tertiary/aromatic N) is 1. The summed E-state index contributed by atoms with van der Waals surface area (Å²) in [5.74, 6) is 0.311. The molecule has 1 N–H and O–H groups in total. The second kappa shape index (κ2) is 13.5. The maximum atomic E-state index is 13.1. The molecule has 0 aromatic heterocycles. The van der Waals surface area contributed by atoms with Gasteiger partial charge >= 0.3 is 12.0 Å². The van der Waals surface area contributed by atoms with Gasteiger partial charge in [0.2, 0.25) is 0 Å². The molecule has 0 radical (unpaired) electrons. The Bertz CT molecular complexity index is 1490. The van der Waals surface area contributed by atoms with Gasteiger partial charge in [0.05, 0.1) is 17.3 Å². The van der Waals surface area contributed by atoms with Crippen molar-refractivity contribution in [1.29, 1.82) is 0 Å². The molecular weight excluding hydrogens is 608 g/mol. The van der Waals surface area contributed by atoms with Crippen LogP contribution in [0.2, 0.25) is 0 Å². The number of anilines is 1. The predicted molar refractivity (Wildman–Crippen MR) is 162 cm³/mol. The maximum Gasteiger partial charge on any atom is 0.321 e. The van der Waals surface area contributed by atoms with E-state index in [1.807, 2.05) is 55.5 Å². The summed E-state index contributed by atoms with van der Waals surface area (Å²) in [5.41, 5.74) is 2.79. The molecule has 0 bridgehead atoms. The number of nitrogens with one attached hydrogen (secondary N) is 1. The zero-order valence-corrected chi connectivity index (χ0v) is 25.8. The number of urea groups is 1. The monoisotopic (exact) mass is 642 g/mol. The number of ether oxygens (including phenoxy) is 2. The van der Waals surface area contributed by atoms with Crippen LogP contribution in [-0.4, -0.2) is 51.3 Å². The number of sulfone groups is 1. The molecule has 8 nitrogen and oxygen atoms in total. The minimum atomic E-state index is -3.51. The highest BCUT2D eigenvalue weighted by Crippen LogP contribution is 2.36. The Kier molecular flexibility index (Phi) is 10.1. The van der Waals surface area contributed by atoms with Crippen LogP contribution in [0.1, 0.15) is 48.8 Å². The van der Waals surface area contributed by atoms with Crippen molar-refractivity contribution in [2.45, 2.75) is 55.3 Å². The first-order chi connectivity index (χ1) is 19.6. The van der Waals surface area contributed by atoms with Crippen molar-refractivity contribution in [2.75, 3.05) is 26.0 Å². The van der Waals surface area contributed by atoms with Crippen molar-refractivity contribution in [1.82, 2.24) is 4.90 Å². The molecular formula is C31H35BrN2O6S. The summed E-state index contributed by atoms with van der Waals surface area (Å²) in [7, 11) is -0.194. The molecule has 3 aromatic carbocycles. The fraction of sp³-hybridized carbons (Fsp3) is 0.355. The number of aryl methyl sites for hydroxylation is 1. The van der Waals surface area contributed by atoms with E-state index in [-0.39, 0.29) is 36.3 Å². The van der Waals surface area contributed by atoms with E-state index in [0.29, 0.717) is 30.6 Å². The molecule has 3 aromatic rings. The summed E-state index contributed by atoms with van der Waals surface area (Å²) in [4.78, 5) is 27.3. The number of likely N-dealkylation sites (N-methyl/N-ethyl adjacent to an activating group) is 1. The second-order valence-corrected chi connectivity index (χ2v) is 13.4. The molecule has 10 heteroatoms. The summed E-state index contributed by atoms with van der Waals surface area (Å²) in [6, 6.07) is 19.6. The highest BCUT2D eigenvalue weighted by atomic mass is 79.9. The van der Waals surface area contributed by atoms with Crippen LogP contribution in [0.3, 0.4) is 0 Å². The van der Waals surface area contributed by atoms with Crippen molar-refractivity contribution >= 4 is 43.5 Å². The molecule has 0 spiro atoms. The summed E-state index contributed by atoms with van der Waals surface area (Å²) >= 11 is 3.49. The van der Waals surface area contributed by atoms with Crippen LogP contribution in [0, 0.1) is 0 Å². The summed E-state index contributed by atoms with van der Waals surface area (Å²) in [5, 5.41) is 2.48. The van der Waals surface area contributed by atoms with Crippen LogP contribution in [-0.2, 0) is 32.4 Å². The molecule has 0 heterocycles. The van der Waals surface area contributed by atoms with Gasteiger partial charge in [-0.2, -0.15) is 0 Å². The molecule has 41 heavy (non-hydrogen) atoms. The number of methoxy groups -OCH3 is 1. The van der Waals surface area contributed by atoms with Gasteiger partial charge < -0.3 is 19.7 Å². The van der Waals surface area contributed by atoms with E-state index in [2.05, 4.69) is 21.2 Å². The average Bonchev–Trinajstić information content (AvgIpc) is 3.82. The van der Waals surface area contributed by atoms with Crippen LogP contribution >= 0.6 is 15.9 Å². The lowest BCUT2D eigenvalue weighted by Crippen LogP contribution is -2.34. The Labute approximate surface area is 250 Å². The number of halogens is 1. The lowest BCUT2D eigenvalue weighted by molar-refractivity contribution is -0.144. The van der Waals surface area contributed by atoms with E-state index in [0.717, 1.165) is 21.3 Å². The summed E-state index contributed by atoms with van der Waals surface area (Å²) in [6.07, 6.45) is 1.45. The Hall–Kier alpha value is -3.37. The molecule has 0 aliphatic heterocycles. The van der Waals surface area contributed by atoms with Crippen LogP contribution in [0.5, 0.6) is 5.75 Å². The highest BCUT2D eigenvalue weighted by Gasteiger charge is 2.38. The van der Waals surface area contributed by atoms with Gasteiger partial charge in [0.25, 0.3) is 0 Å². The minimum absolute atomic E-state index is 0.0123. The quantitative estimate of drug-likeness (QED) is 0.231. The average molecular weight is 644 g/mol. The Balaban J connectivity index is 1.44. The van der Waals surface area contributed by atoms with Gasteiger partial charge in [0.1, 0.15) is 12.4 Å². The van der Waals surface area contributed by atoms with Gasteiger partial charge in [0.15, 0.2) is 9.84 Å². The van der Waals surface area contributed by atoms with E-state index in [9.17, 15) is 18.0 Å². The van der Waals surface area contributed by atoms with E-state index in [1.165, 1.54) is 6.07 Å². The van der Waals surface area contributed by atoms with E-state index >= 15 is 0 Å². The molecule has 0 saturated heterocycles. The van der Waals surface area contributed by atoms with Crippen molar-refractivity contribution in [3.63, 3.8) is 0 Å². The third-order valence-electron chi connectivity index (χ3n) is 7.04. The van der Waals surface area contributed by atoms with Gasteiger partial charge in [-0.05, 0) is 72.4 Å². The Morgan fingerprint density at radius 1 is 1.07 bits per heavy atom. The van der Waals surface area contributed by atoms with Crippen molar-refractivity contribution in [3.8, 4) is 5.75 Å². The lowest BCUT2D eigenvalue weighted by atomic mass is 9.99.